The lowest BCUT2D eigenvalue weighted by atomic mass is 10.2. The highest BCUT2D eigenvalue weighted by atomic mass is 19.3. The number of aromatic nitrogens is 3. The van der Waals surface area contributed by atoms with Crippen molar-refractivity contribution < 1.29 is 23.5 Å². The molecule has 0 atom stereocenters. The fourth-order valence-corrected chi connectivity index (χ4v) is 1.71. The number of rotatable bonds is 7. The number of carbonyl (C=O) groups is 2. The number of alkyl halides is 2. The van der Waals surface area contributed by atoms with E-state index in [9.17, 15) is 18.4 Å². The molecule has 1 aromatic heterocycles. The highest BCUT2D eigenvalue weighted by Crippen LogP contribution is 2.21. The molecule has 0 saturated heterocycles. The Morgan fingerprint density at radius 2 is 1.95 bits per heavy atom. The second kappa shape index (κ2) is 6.92. The molecule has 1 heterocycles. The zero-order chi connectivity index (χ0) is 15.3. The Hall–Kier alpha value is -2.06. The largest absolute Gasteiger partial charge is 0.476 e. The monoisotopic (exact) mass is 290 g/mol. The average Bonchev–Trinajstić information content (AvgIpc) is 2.79. The van der Waals surface area contributed by atoms with Crippen molar-refractivity contribution in [1.29, 1.82) is 0 Å². The van der Waals surface area contributed by atoms with Crippen LogP contribution in [-0.4, -0.2) is 38.0 Å². The predicted octanol–water partition coefficient (Wildman–Crippen LogP) is 1.22. The lowest BCUT2D eigenvalue weighted by Gasteiger charge is -2.15. The number of carbonyl (C=O) groups excluding carboxylic acids is 1. The van der Waals surface area contributed by atoms with Gasteiger partial charge in [0.15, 0.2) is 5.69 Å². The lowest BCUT2D eigenvalue weighted by molar-refractivity contribution is -0.122. The first-order valence-corrected chi connectivity index (χ1v) is 6.14. The van der Waals surface area contributed by atoms with E-state index in [2.05, 4.69) is 15.6 Å². The van der Waals surface area contributed by atoms with E-state index >= 15 is 0 Å². The van der Waals surface area contributed by atoms with Crippen LogP contribution in [0.5, 0.6) is 0 Å². The van der Waals surface area contributed by atoms with Crippen LogP contribution in [0.3, 0.4) is 0 Å². The summed E-state index contributed by atoms with van der Waals surface area (Å²) in [6.45, 7) is 3.28. The molecule has 20 heavy (non-hydrogen) atoms. The number of halogens is 2. The van der Waals surface area contributed by atoms with Gasteiger partial charge in [-0.05, 0) is 12.8 Å². The van der Waals surface area contributed by atoms with E-state index in [-0.39, 0.29) is 6.04 Å². The van der Waals surface area contributed by atoms with Gasteiger partial charge in [-0.25, -0.2) is 18.3 Å². The van der Waals surface area contributed by atoms with Crippen LogP contribution in [0.25, 0.3) is 0 Å². The Labute approximate surface area is 114 Å². The van der Waals surface area contributed by atoms with Crippen LogP contribution in [0.15, 0.2) is 0 Å². The van der Waals surface area contributed by atoms with Crippen LogP contribution < -0.4 is 5.32 Å². The van der Waals surface area contributed by atoms with Gasteiger partial charge in [0.2, 0.25) is 5.91 Å². The Bertz CT molecular complexity index is 486. The highest BCUT2D eigenvalue weighted by Gasteiger charge is 2.27. The molecule has 0 saturated carbocycles. The molecule has 9 heteroatoms. The van der Waals surface area contributed by atoms with Crippen molar-refractivity contribution >= 4 is 11.9 Å². The smallest absolute Gasteiger partial charge is 0.358 e. The summed E-state index contributed by atoms with van der Waals surface area (Å²) in [6, 6.07) is -0.0556. The van der Waals surface area contributed by atoms with E-state index in [1.165, 1.54) is 0 Å². The van der Waals surface area contributed by atoms with Gasteiger partial charge in [-0.15, -0.1) is 5.10 Å². The normalized spacial score (nSPS) is 11.1. The van der Waals surface area contributed by atoms with Gasteiger partial charge >= 0.3 is 5.97 Å². The standard InChI is InChI=1S/C11H16F2N4O3/c1-3-6(4-2)14-7(18)5-17-9(10(12)13)8(11(19)20)15-16-17/h6,10H,3-5H2,1-2H3,(H,14,18)(H,19,20). The molecule has 0 unspecified atom stereocenters. The van der Waals surface area contributed by atoms with Crippen LogP contribution >= 0.6 is 0 Å². The summed E-state index contributed by atoms with van der Waals surface area (Å²) in [6.07, 6.45) is -1.65. The molecule has 1 amide bonds. The van der Waals surface area contributed by atoms with Gasteiger partial charge < -0.3 is 10.4 Å². The summed E-state index contributed by atoms with van der Waals surface area (Å²) in [5.41, 5.74) is -1.70. The van der Waals surface area contributed by atoms with E-state index in [0.717, 1.165) is 0 Å². The molecular weight excluding hydrogens is 274 g/mol. The highest BCUT2D eigenvalue weighted by molar-refractivity contribution is 5.86. The summed E-state index contributed by atoms with van der Waals surface area (Å²) >= 11 is 0. The first-order valence-electron chi connectivity index (χ1n) is 6.14. The third-order valence-electron chi connectivity index (χ3n) is 2.83. The van der Waals surface area contributed by atoms with Crippen molar-refractivity contribution in [3.8, 4) is 0 Å². The maximum absolute atomic E-state index is 12.8. The topological polar surface area (TPSA) is 97.1 Å². The molecule has 0 aliphatic rings. The number of hydrogen-bond donors (Lipinski definition) is 2. The van der Waals surface area contributed by atoms with E-state index < -0.39 is 36.2 Å². The molecule has 0 bridgehead atoms. The van der Waals surface area contributed by atoms with Gasteiger partial charge in [-0.3, -0.25) is 4.79 Å². The molecule has 0 aromatic carbocycles. The summed E-state index contributed by atoms with van der Waals surface area (Å²) in [7, 11) is 0. The Balaban J connectivity index is 2.87. The van der Waals surface area contributed by atoms with Crippen LogP contribution in [0.4, 0.5) is 8.78 Å². The van der Waals surface area contributed by atoms with Gasteiger partial charge in [0.25, 0.3) is 6.43 Å². The van der Waals surface area contributed by atoms with E-state index in [1.807, 2.05) is 13.8 Å². The molecular formula is C11H16F2N4O3. The molecule has 1 aromatic rings. The molecule has 0 aliphatic carbocycles. The third-order valence-corrected chi connectivity index (χ3v) is 2.83. The van der Waals surface area contributed by atoms with Crippen LogP contribution in [-0.2, 0) is 11.3 Å². The summed E-state index contributed by atoms with van der Waals surface area (Å²) in [5.74, 6) is -2.12. The fourth-order valence-electron chi connectivity index (χ4n) is 1.71. The zero-order valence-electron chi connectivity index (χ0n) is 11.1. The minimum absolute atomic E-state index is 0.0556. The van der Waals surface area contributed by atoms with E-state index in [0.29, 0.717) is 17.5 Å². The average molecular weight is 290 g/mol. The second-order valence-electron chi connectivity index (χ2n) is 4.17. The quantitative estimate of drug-likeness (QED) is 0.787. The van der Waals surface area contributed by atoms with E-state index in [4.69, 9.17) is 5.11 Å². The molecule has 0 aliphatic heterocycles. The van der Waals surface area contributed by atoms with Crippen LogP contribution in [0.2, 0.25) is 0 Å². The second-order valence-corrected chi connectivity index (χ2v) is 4.17. The summed E-state index contributed by atoms with van der Waals surface area (Å²) in [5, 5.41) is 17.8. The van der Waals surface area contributed by atoms with Crippen molar-refractivity contribution in [2.75, 3.05) is 0 Å². The predicted molar refractivity (Wildman–Crippen MR) is 64.5 cm³/mol. The Morgan fingerprint density at radius 1 is 1.35 bits per heavy atom. The van der Waals surface area contributed by atoms with Gasteiger partial charge in [-0.2, -0.15) is 0 Å². The number of nitrogens with zero attached hydrogens (tertiary/aromatic N) is 3. The molecule has 0 radical (unpaired) electrons. The van der Waals surface area contributed by atoms with Crippen LogP contribution in [0, 0.1) is 0 Å². The Morgan fingerprint density at radius 3 is 2.40 bits per heavy atom. The third kappa shape index (κ3) is 3.72. The summed E-state index contributed by atoms with van der Waals surface area (Å²) in [4.78, 5) is 22.4. The summed E-state index contributed by atoms with van der Waals surface area (Å²) < 4.78 is 26.3. The van der Waals surface area contributed by atoms with Gasteiger partial charge in [0, 0.05) is 6.04 Å². The first-order chi connectivity index (χ1) is 9.40. The van der Waals surface area contributed by atoms with Crippen molar-refractivity contribution in [3.63, 3.8) is 0 Å². The van der Waals surface area contributed by atoms with Crippen molar-refractivity contribution in [2.45, 2.75) is 45.7 Å². The van der Waals surface area contributed by atoms with Gasteiger partial charge in [-0.1, -0.05) is 19.1 Å². The lowest BCUT2D eigenvalue weighted by Crippen LogP contribution is -2.36. The minimum atomic E-state index is -3.07. The molecule has 0 fully saturated rings. The molecule has 0 spiro atoms. The number of amides is 1. The van der Waals surface area contributed by atoms with Crippen molar-refractivity contribution in [2.24, 2.45) is 0 Å². The SMILES string of the molecule is CCC(CC)NC(=O)Cn1nnc(C(=O)O)c1C(F)F. The van der Waals surface area contributed by atoms with Crippen molar-refractivity contribution in [3.05, 3.63) is 11.4 Å². The van der Waals surface area contributed by atoms with Gasteiger partial charge in [0.05, 0.1) is 0 Å². The fraction of sp³-hybridized carbons (Fsp3) is 0.636. The maximum atomic E-state index is 12.8. The van der Waals surface area contributed by atoms with Crippen LogP contribution in [0.1, 0.15) is 49.3 Å². The number of aromatic carboxylic acids is 1. The maximum Gasteiger partial charge on any atom is 0.358 e. The number of nitrogens with one attached hydrogen (secondary N) is 1. The minimum Gasteiger partial charge on any atom is -0.476 e. The molecule has 2 N–H and O–H groups in total. The van der Waals surface area contributed by atoms with E-state index in [1.54, 1.807) is 0 Å². The number of hydrogen-bond acceptors (Lipinski definition) is 4. The first kappa shape index (κ1) is 16.0. The zero-order valence-corrected chi connectivity index (χ0v) is 11.1. The van der Waals surface area contributed by atoms with Crippen molar-refractivity contribution in [1.82, 2.24) is 20.3 Å². The Kier molecular flexibility index (Phi) is 5.53. The number of carboxylic acid groups (broad SMARTS) is 1. The molecule has 7 nitrogen and oxygen atoms in total. The van der Waals surface area contributed by atoms with Gasteiger partial charge in [0.1, 0.15) is 12.2 Å². The molecule has 112 valence electrons. The molecule has 1 rings (SSSR count). The number of carboxylic acids is 1.